The summed E-state index contributed by atoms with van der Waals surface area (Å²) in [7, 11) is 0. The summed E-state index contributed by atoms with van der Waals surface area (Å²) in [5, 5.41) is 2.51. The number of carbonyl (C=O) groups excluding carboxylic acids is 1. The number of nitrogens with zero attached hydrogens (tertiary/aromatic N) is 1. The summed E-state index contributed by atoms with van der Waals surface area (Å²) < 4.78 is 11.6. The number of aryl methyl sites for hydroxylation is 2. The van der Waals surface area contributed by atoms with Crippen molar-refractivity contribution < 1.29 is 13.9 Å². The van der Waals surface area contributed by atoms with Crippen molar-refractivity contribution in [2.24, 2.45) is 0 Å². The van der Waals surface area contributed by atoms with Crippen LogP contribution in [0.4, 0.5) is 0 Å². The Morgan fingerprint density at radius 2 is 2.11 bits per heavy atom. The zero-order valence-electron chi connectivity index (χ0n) is 16.1. The number of thiophene rings is 1. The van der Waals surface area contributed by atoms with Crippen LogP contribution >= 0.6 is 11.3 Å². The fraction of sp³-hybridized carbons (Fsp3) is 0.364. The molecule has 3 aromatic rings. The van der Waals surface area contributed by atoms with Gasteiger partial charge in [0.05, 0.1) is 18.0 Å². The minimum Gasteiger partial charge on any atom is -0.451 e. The number of benzene rings is 1. The normalized spacial score (nSPS) is 16.6. The molecule has 1 unspecified atom stereocenters. The number of ether oxygens (including phenoxy) is 1. The van der Waals surface area contributed by atoms with Crippen LogP contribution in [0.25, 0.3) is 11.0 Å². The molecule has 5 nitrogen and oxygen atoms in total. The Bertz CT molecular complexity index is 1060. The van der Waals surface area contributed by atoms with Gasteiger partial charge in [-0.3, -0.25) is 9.59 Å². The van der Waals surface area contributed by atoms with Gasteiger partial charge < -0.3 is 14.1 Å². The first-order valence-corrected chi connectivity index (χ1v) is 10.4. The predicted molar refractivity (Wildman–Crippen MR) is 110 cm³/mol. The van der Waals surface area contributed by atoms with E-state index in [1.54, 1.807) is 28.4 Å². The van der Waals surface area contributed by atoms with Crippen LogP contribution in [0.1, 0.15) is 39.4 Å². The van der Waals surface area contributed by atoms with E-state index < -0.39 is 0 Å². The number of rotatable bonds is 5. The Morgan fingerprint density at radius 3 is 2.82 bits per heavy atom. The summed E-state index contributed by atoms with van der Waals surface area (Å²) >= 11 is 1.63. The van der Waals surface area contributed by atoms with E-state index in [0.717, 1.165) is 35.5 Å². The third-order valence-corrected chi connectivity index (χ3v) is 6.14. The SMILES string of the molecule is Cc1ccc2c(=O)cc(C(=O)N(Cc3sccc3C)CC3CCCO3)oc2c1. The van der Waals surface area contributed by atoms with Crippen LogP contribution in [-0.2, 0) is 11.3 Å². The van der Waals surface area contributed by atoms with Crippen molar-refractivity contribution in [3.63, 3.8) is 0 Å². The van der Waals surface area contributed by atoms with E-state index in [-0.39, 0.29) is 23.2 Å². The lowest BCUT2D eigenvalue weighted by Gasteiger charge is -2.25. The van der Waals surface area contributed by atoms with Crippen LogP contribution in [0.2, 0.25) is 0 Å². The fourth-order valence-electron chi connectivity index (χ4n) is 3.52. The Morgan fingerprint density at radius 1 is 1.25 bits per heavy atom. The number of carbonyl (C=O) groups is 1. The van der Waals surface area contributed by atoms with Crippen LogP contribution in [-0.4, -0.2) is 30.1 Å². The molecule has 1 amide bonds. The van der Waals surface area contributed by atoms with E-state index in [4.69, 9.17) is 9.15 Å². The number of hydrogen-bond acceptors (Lipinski definition) is 5. The first-order valence-electron chi connectivity index (χ1n) is 9.49. The maximum atomic E-state index is 13.3. The molecule has 28 heavy (non-hydrogen) atoms. The standard InChI is InChI=1S/C22H23NO4S/c1-14-5-6-17-18(24)11-20(27-19(17)10-14)22(25)23(12-16-4-3-8-26-16)13-21-15(2)7-9-28-21/h5-7,9-11,16H,3-4,8,12-13H2,1-2H3. The highest BCUT2D eigenvalue weighted by Crippen LogP contribution is 2.23. The molecule has 2 aromatic heterocycles. The maximum absolute atomic E-state index is 13.3. The van der Waals surface area contributed by atoms with Crippen LogP contribution in [0.15, 0.2) is 44.9 Å². The topological polar surface area (TPSA) is 59.8 Å². The molecule has 0 bridgehead atoms. The summed E-state index contributed by atoms with van der Waals surface area (Å²) in [6.45, 7) is 5.68. The van der Waals surface area contributed by atoms with Gasteiger partial charge in [0, 0.05) is 24.1 Å². The maximum Gasteiger partial charge on any atom is 0.290 e. The molecule has 1 saturated heterocycles. The molecule has 4 rings (SSSR count). The summed E-state index contributed by atoms with van der Waals surface area (Å²) in [6.07, 6.45) is 1.97. The first-order chi connectivity index (χ1) is 13.5. The Balaban J connectivity index is 1.68. The molecule has 3 heterocycles. The van der Waals surface area contributed by atoms with Crippen molar-refractivity contribution in [3.05, 3.63) is 67.7 Å². The summed E-state index contributed by atoms with van der Waals surface area (Å²) in [5.74, 6) is -0.195. The van der Waals surface area contributed by atoms with Gasteiger partial charge in [-0.05, 0) is 61.4 Å². The molecule has 0 radical (unpaired) electrons. The Hall–Kier alpha value is -2.44. The largest absolute Gasteiger partial charge is 0.451 e. The molecule has 0 aliphatic carbocycles. The van der Waals surface area contributed by atoms with Gasteiger partial charge in [0.25, 0.3) is 5.91 Å². The average Bonchev–Trinajstić information content (AvgIpc) is 3.32. The average molecular weight is 397 g/mol. The number of fused-ring (bicyclic) bond motifs is 1. The highest BCUT2D eigenvalue weighted by Gasteiger charge is 2.26. The monoisotopic (exact) mass is 397 g/mol. The molecule has 1 aliphatic heterocycles. The van der Waals surface area contributed by atoms with Crippen molar-refractivity contribution in [2.75, 3.05) is 13.2 Å². The fourth-order valence-corrected chi connectivity index (χ4v) is 4.44. The van der Waals surface area contributed by atoms with Crippen molar-refractivity contribution in [3.8, 4) is 0 Å². The van der Waals surface area contributed by atoms with Gasteiger partial charge in [-0.15, -0.1) is 11.3 Å². The van der Waals surface area contributed by atoms with E-state index in [1.165, 1.54) is 6.07 Å². The lowest BCUT2D eigenvalue weighted by molar-refractivity contribution is 0.0486. The van der Waals surface area contributed by atoms with Crippen LogP contribution in [0.5, 0.6) is 0 Å². The minimum absolute atomic E-state index is 0.0265. The van der Waals surface area contributed by atoms with Crippen molar-refractivity contribution in [1.82, 2.24) is 4.90 Å². The Labute approximate surface area is 167 Å². The van der Waals surface area contributed by atoms with E-state index in [1.807, 2.05) is 31.4 Å². The quantitative estimate of drug-likeness (QED) is 0.644. The van der Waals surface area contributed by atoms with Crippen LogP contribution < -0.4 is 5.43 Å². The lowest BCUT2D eigenvalue weighted by atomic mass is 10.1. The third kappa shape index (κ3) is 3.88. The highest BCUT2D eigenvalue weighted by atomic mass is 32.1. The number of amides is 1. The zero-order chi connectivity index (χ0) is 19.7. The van der Waals surface area contributed by atoms with Gasteiger partial charge in [0.15, 0.2) is 11.2 Å². The van der Waals surface area contributed by atoms with Crippen molar-refractivity contribution in [2.45, 2.75) is 39.3 Å². The number of hydrogen-bond donors (Lipinski definition) is 0. The molecule has 0 N–H and O–H groups in total. The van der Waals surface area contributed by atoms with Crippen molar-refractivity contribution >= 4 is 28.2 Å². The molecule has 1 aromatic carbocycles. The highest BCUT2D eigenvalue weighted by molar-refractivity contribution is 7.10. The second-order valence-corrected chi connectivity index (χ2v) is 8.32. The van der Waals surface area contributed by atoms with E-state index in [2.05, 4.69) is 0 Å². The second-order valence-electron chi connectivity index (χ2n) is 7.32. The molecular formula is C22H23NO4S. The van der Waals surface area contributed by atoms with Gasteiger partial charge in [0.1, 0.15) is 5.58 Å². The van der Waals surface area contributed by atoms with E-state index in [0.29, 0.717) is 24.1 Å². The van der Waals surface area contributed by atoms with E-state index in [9.17, 15) is 9.59 Å². The molecular weight excluding hydrogens is 374 g/mol. The van der Waals surface area contributed by atoms with Gasteiger partial charge in [-0.1, -0.05) is 6.07 Å². The van der Waals surface area contributed by atoms with Gasteiger partial charge in [-0.25, -0.2) is 0 Å². The second kappa shape index (κ2) is 7.89. The van der Waals surface area contributed by atoms with Gasteiger partial charge >= 0.3 is 0 Å². The molecule has 0 spiro atoms. The molecule has 1 aliphatic rings. The first kappa shape index (κ1) is 18.9. The molecule has 1 fully saturated rings. The van der Waals surface area contributed by atoms with Crippen LogP contribution in [0, 0.1) is 13.8 Å². The summed E-state index contributed by atoms with van der Waals surface area (Å²) in [6, 6.07) is 8.76. The van der Waals surface area contributed by atoms with Gasteiger partial charge in [0.2, 0.25) is 0 Å². The summed E-state index contributed by atoms with van der Waals surface area (Å²) in [5.41, 5.74) is 2.38. The molecule has 0 saturated carbocycles. The lowest BCUT2D eigenvalue weighted by Crippen LogP contribution is -2.37. The summed E-state index contributed by atoms with van der Waals surface area (Å²) in [4.78, 5) is 28.7. The Kier molecular flexibility index (Phi) is 5.33. The molecule has 1 atom stereocenters. The van der Waals surface area contributed by atoms with Crippen LogP contribution in [0.3, 0.4) is 0 Å². The predicted octanol–water partition coefficient (Wildman–Crippen LogP) is 4.29. The van der Waals surface area contributed by atoms with Crippen molar-refractivity contribution in [1.29, 1.82) is 0 Å². The third-order valence-electron chi connectivity index (χ3n) is 5.13. The molecule has 146 valence electrons. The zero-order valence-corrected chi connectivity index (χ0v) is 16.9. The van der Waals surface area contributed by atoms with E-state index >= 15 is 0 Å². The minimum atomic E-state index is -0.274. The smallest absolute Gasteiger partial charge is 0.290 e. The molecule has 6 heteroatoms. The van der Waals surface area contributed by atoms with Gasteiger partial charge in [-0.2, -0.15) is 0 Å².